The average molecular weight is 379 g/mol. The third-order valence-electron chi connectivity index (χ3n) is 5.40. The molecule has 7 heteroatoms. The normalized spacial score (nSPS) is 24.1. The molecule has 0 N–H and O–H groups in total. The first-order chi connectivity index (χ1) is 12.8. The predicted octanol–water partition coefficient (Wildman–Crippen LogP) is 2.23. The Hall–Kier alpha value is -2.02. The topological polar surface area (TPSA) is 43.9 Å². The molecule has 1 aromatic carbocycles. The number of halogens is 2. The highest BCUT2D eigenvalue weighted by Gasteiger charge is 2.29. The molecule has 0 saturated carbocycles. The number of amides is 2. The van der Waals surface area contributed by atoms with Gasteiger partial charge in [-0.25, -0.2) is 8.78 Å². The maximum absolute atomic E-state index is 13.8. The van der Waals surface area contributed by atoms with E-state index in [0.29, 0.717) is 44.6 Å². The zero-order valence-corrected chi connectivity index (χ0v) is 16.0. The van der Waals surface area contributed by atoms with Crippen LogP contribution < -0.4 is 0 Å². The predicted molar refractivity (Wildman–Crippen MR) is 98.2 cm³/mol. The number of benzene rings is 1. The summed E-state index contributed by atoms with van der Waals surface area (Å²) in [7, 11) is 0. The van der Waals surface area contributed by atoms with Gasteiger partial charge >= 0.3 is 0 Å². The second-order valence-corrected chi connectivity index (χ2v) is 7.94. The number of carbonyl (C=O) groups is 2. The molecule has 27 heavy (non-hydrogen) atoms. The van der Waals surface area contributed by atoms with Crippen LogP contribution in [0.3, 0.4) is 0 Å². The number of hydrogen-bond donors (Lipinski definition) is 0. The summed E-state index contributed by atoms with van der Waals surface area (Å²) in [6.07, 6.45) is 1.15. The minimum atomic E-state index is -0.715. The SMILES string of the molecule is CC1CC(C)CN(C(=O)CN2CCN(C(=O)c3cc(F)ccc3F)CC2)C1. The molecule has 1 aromatic rings. The molecule has 2 aliphatic rings. The molecule has 3 rings (SSSR count). The molecule has 5 nitrogen and oxygen atoms in total. The number of nitrogens with zero attached hydrogens (tertiary/aromatic N) is 3. The van der Waals surface area contributed by atoms with E-state index in [1.54, 1.807) is 0 Å². The number of piperazine rings is 1. The molecule has 2 amide bonds. The van der Waals surface area contributed by atoms with Gasteiger partial charge in [-0.3, -0.25) is 14.5 Å². The highest BCUT2D eigenvalue weighted by molar-refractivity contribution is 5.94. The van der Waals surface area contributed by atoms with E-state index in [4.69, 9.17) is 0 Å². The summed E-state index contributed by atoms with van der Waals surface area (Å²) in [6.45, 7) is 8.19. The van der Waals surface area contributed by atoms with Crippen LogP contribution in [0, 0.1) is 23.5 Å². The van der Waals surface area contributed by atoms with Crippen LogP contribution in [0.5, 0.6) is 0 Å². The largest absolute Gasteiger partial charge is 0.341 e. The second kappa shape index (κ2) is 8.33. The highest BCUT2D eigenvalue weighted by atomic mass is 19.1. The minimum absolute atomic E-state index is 0.129. The van der Waals surface area contributed by atoms with Gasteiger partial charge in [0.1, 0.15) is 11.6 Å². The summed E-state index contributed by atoms with van der Waals surface area (Å²) in [4.78, 5) is 30.5. The quantitative estimate of drug-likeness (QED) is 0.809. The summed E-state index contributed by atoms with van der Waals surface area (Å²) in [5.74, 6) is -0.677. The number of carbonyl (C=O) groups excluding carboxylic acids is 2. The molecule has 0 radical (unpaired) electrons. The van der Waals surface area contributed by atoms with Crippen LogP contribution in [0.4, 0.5) is 8.78 Å². The van der Waals surface area contributed by atoms with Crippen molar-refractivity contribution in [3.63, 3.8) is 0 Å². The molecule has 2 unspecified atom stereocenters. The van der Waals surface area contributed by atoms with E-state index < -0.39 is 17.5 Å². The average Bonchev–Trinajstić information content (AvgIpc) is 2.63. The van der Waals surface area contributed by atoms with Gasteiger partial charge in [0.05, 0.1) is 12.1 Å². The van der Waals surface area contributed by atoms with Gasteiger partial charge in [0.2, 0.25) is 5.91 Å². The lowest BCUT2D eigenvalue weighted by Gasteiger charge is -2.38. The molecule has 2 fully saturated rings. The molecule has 2 atom stereocenters. The van der Waals surface area contributed by atoms with Crippen molar-refractivity contribution in [1.82, 2.24) is 14.7 Å². The van der Waals surface area contributed by atoms with Crippen LogP contribution in [0.25, 0.3) is 0 Å². The molecule has 0 spiro atoms. The van der Waals surface area contributed by atoms with Gasteiger partial charge in [-0.1, -0.05) is 13.8 Å². The van der Waals surface area contributed by atoms with E-state index in [0.717, 1.165) is 37.7 Å². The van der Waals surface area contributed by atoms with Crippen molar-refractivity contribution in [3.05, 3.63) is 35.4 Å². The number of likely N-dealkylation sites (tertiary alicyclic amines) is 1. The monoisotopic (exact) mass is 379 g/mol. The molecule has 2 heterocycles. The van der Waals surface area contributed by atoms with Crippen LogP contribution in [-0.2, 0) is 4.79 Å². The van der Waals surface area contributed by atoms with Crippen molar-refractivity contribution in [1.29, 1.82) is 0 Å². The van der Waals surface area contributed by atoms with E-state index in [9.17, 15) is 18.4 Å². The zero-order valence-electron chi connectivity index (χ0n) is 16.0. The van der Waals surface area contributed by atoms with Crippen molar-refractivity contribution < 1.29 is 18.4 Å². The van der Waals surface area contributed by atoms with Crippen LogP contribution in [0.1, 0.15) is 30.6 Å². The van der Waals surface area contributed by atoms with E-state index >= 15 is 0 Å². The Morgan fingerprint density at radius 1 is 1.00 bits per heavy atom. The van der Waals surface area contributed by atoms with Crippen molar-refractivity contribution in [2.24, 2.45) is 11.8 Å². The third-order valence-corrected chi connectivity index (χ3v) is 5.40. The van der Waals surface area contributed by atoms with Gasteiger partial charge < -0.3 is 9.80 Å². The van der Waals surface area contributed by atoms with Crippen molar-refractivity contribution in [2.45, 2.75) is 20.3 Å². The number of piperidine rings is 1. The molecule has 0 aromatic heterocycles. The molecule has 0 bridgehead atoms. The summed E-state index contributed by atoms with van der Waals surface area (Å²) in [6, 6.07) is 2.91. The molecule has 0 aliphatic carbocycles. The van der Waals surface area contributed by atoms with Gasteiger partial charge in [0, 0.05) is 39.3 Å². The standard InChI is InChI=1S/C20H27F2N3O2/c1-14-9-15(2)12-25(11-14)19(26)13-23-5-7-24(8-6-23)20(27)17-10-16(21)3-4-18(17)22/h3-4,10,14-15H,5-9,11-13H2,1-2H3. The van der Waals surface area contributed by atoms with Crippen LogP contribution in [0.2, 0.25) is 0 Å². The molecule has 2 saturated heterocycles. The molecule has 2 aliphatic heterocycles. The molecule has 148 valence electrons. The lowest BCUT2D eigenvalue weighted by atomic mass is 9.92. The van der Waals surface area contributed by atoms with Gasteiger partial charge in [0.15, 0.2) is 0 Å². The smallest absolute Gasteiger partial charge is 0.257 e. The fraction of sp³-hybridized carbons (Fsp3) is 0.600. The first-order valence-electron chi connectivity index (χ1n) is 9.58. The highest BCUT2D eigenvalue weighted by Crippen LogP contribution is 2.21. The summed E-state index contributed by atoms with van der Waals surface area (Å²) in [5.41, 5.74) is -0.240. The Labute approximate surface area is 158 Å². The fourth-order valence-electron chi connectivity index (χ4n) is 4.10. The summed E-state index contributed by atoms with van der Waals surface area (Å²) in [5, 5.41) is 0. The second-order valence-electron chi connectivity index (χ2n) is 7.94. The molecular formula is C20H27F2N3O2. The van der Waals surface area contributed by atoms with Crippen LogP contribution in [-0.4, -0.2) is 72.3 Å². The minimum Gasteiger partial charge on any atom is -0.341 e. The molecular weight excluding hydrogens is 352 g/mol. The first-order valence-corrected chi connectivity index (χ1v) is 9.58. The number of hydrogen-bond acceptors (Lipinski definition) is 3. The Kier molecular flexibility index (Phi) is 6.09. The van der Waals surface area contributed by atoms with Crippen molar-refractivity contribution >= 4 is 11.8 Å². The summed E-state index contributed by atoms with van der Waals surface area (Å²) < 4.78 is 27.1. The van der Waals surface area contributed by atoms with Crippen molar-refractivity contribution in [2.75, 3.05) is 45.8 Å². The maximum atomic E-state index is 13.8. The number of rotatable bonds is 3. The Morgan fingerprint density at radius 3 is 2.26 bits per heavy atom. The Bertz CT molecular complexity index is 694. The van der Waals surface area contributed by atoms with Crippen LogP contribution >= 0.6 is 0 Å². The first kappa shape index (κ1) is 19.7. The Morgan fingerprint density at radius 2 is 1.63 bits per heavy atom. The fourth-order valence-corrected chi connectivity index (χ4v) is 4.10. The van der Waals surface area contributed by atoms with Gasteiger partial charge in [-0.2, -0.15) is 0 Å². The van der Waals surface area contributed by atoms with Crippen LogP contribution in [0.15, 0.2) is 18.2 Å². The van der Waals surface area contributed by atoms with E-state index in [1.165, 1.54) is 4.90 Å². The van der Waals surface area contributed by atoms with E-state index in [-0.39, 0.29) is 11.5 Å². The van der Waals surface area contributed by atoms with Gasteiger partial charge in [-0.05, 0) is 36.5 Å². The van der Waals surface area contributed by atoms with Gasteiger partial charge in [0.25, 0.3) is 5.91 Å². The third kappa shape index (κ3) is 4.83. The van der Waals surface area contributed by atoms with E-state index in [2.05, 4.69) is 13.8 Å². The zero-order chi connectivity index (χ0) is 19.6. The van der Waals surface area contributed by atoms with Gasteiger partial charge in [-0.15, -0.1) is 0 Å². The van der Waals surface area contributed by atoms with Crippen molar-refractivity contribution in [3.8, 4) is 0 Å². The lowest BCUT2D eigenvalue weighted by Crippen LogP contribution is -2.53. The van der Waals surface area contributed by atoms with E-state index in [1.807, 2.05) is 9.80 Å². The Balaban J connectivity index is 1.52. The lowest BCUT2D eigenvalue weighted by molar-refractivity contribution is -0.135. The summed E-state index contributed by atoms with van der Waals surface area (Å²) >= 11 is 0. The maximum Gasteiger partial charge on any atom is 0.257 e.